The number of benzene rings is 2. The van der Waals surface area contributed by atoms with Crippen molar-refractivity contribution in [1.82, 2.24) is 4.90 Å². The number of hydrogen-bond acceptors (Lipinski definition) is 2. The lowest BCUT2D eigenvalue weighted by Gasteiger charge is -2.14. The van der Waals surface area contributed by atoms with Gasteiger partial charge in [0.25, 0.3) is 0 Å². The second-order valence-electron chi connectivity index (χ2n) is 5.94. The third-order valence-electron chi connectivity index (χ3n) is 3.98. The zero-order chi connectivity index (χ0) is 17.9. The van der Waals surface area contributed by atoms with E-state index in [4.69, 9.17) is 4.42 Å². The first-order valence-corrected chi connectivity index (χ1v) is 7.91. The van der Waals surface area contributed by atoms with Crippen LogP contribution in [0.15, 0.2) is 65.3 Å². The van der Waals surface area contributed by atoms with Crippen molar-refractivity contribution in [3.63, 3.8) is 0 Å². The van der Waals surface area contributed by atoms with Crippen LogP contribution < -0.4 is 0 Å². The molecule has 0 N–H and O–H groups in total. The minimum absolute atomic E-state index is 0. The van der Waals surface area contributed by atoms with Crippen molar-refractivity contribution in [1.29, 1.82) is 0 Å². The smallest absolute Gasteiger partial charge is 0.416 e. The van der Waals surface area contributed by atoms with Gasteiger partial charge in [0.05, 0.1) is 11.8 Å². The molecule has 0 aliphatic carbocycles. The molecule has 0 unspecified atom stereocenters. The highest BCUT2D eigenvalue weighted by atomic mass is 35.5. The van der Waals surface area contributed by atoms with Crippen LogP contribution >= 0.6 is 12.4 Å². The second kappa shape index (κ2) is 8.43. The van der Waals surface area contributed by atoms with Crippen LogP contribution in [0.25, 0.3) is 17.0 Å². The fourth-order valence-electron chi connectivity index (χ4n) is 2.77. The molecule has 3 rings (SSSR count). The highest BCUT2D eigenvalue weighted by Gasteiger charge is 2.32. The van der Waals surface area contributed by atoms with Crippen LogP contribution in [-0.2, 0) is 12.7 Å². The van der Waals surface area contributed by atoms with Crippen LogP contribution in [0.4, 0.5) is 13.2 Å². The Morgan fingerprint density at radius 1 is 1.04 bits per heavy atom. The molecule has 0 fully saturated rings. The van der Waals surface area contributed by atoms with Crippen molar-refractivity contribution in [3.05, 3.63) is 77.6 Å². The number of hydrogen-bond donors (Lipinski definition) is 0. The molecule has 0 saturated carbocycles. The number of alkyl halides is 3. The number of furan rings is 1. The summed E-state index contributed by atoms with van der Waals surface area (Å²) in [6.07, 6.45) is 0.645. The summed E-state index contributed by atoms with van der Waals surface area (Å²) >= 11 is 0. The summed E-state index contributed by atoms with van der Waals surface area (Å²) in [6, 6.07) is 13.4. The molecule has 1 aromatic heterocycles. The summed E-state index contributed by atoms with van der Waals surface area (Å²) in [5.74, 6) is 0. The van der Waals surface area contributed by atoms with Crippen LogP contribution in [0, 0.1) is 0 Å². The molecule has 26 heavy (non-hydrogen) atoms. The van der Waals surface area contributed by atoms with Gasteiger partial charge in [-0.2, -0.15) is 13.2 Å². The van der Waals surface area contributed by atoms with E-state index in [2.05, 4.69) is 0 Å². The van der Waals surface area contributed by atoms with Crippen LogP contribution in [0.1, 0.15) is 16.7 Å². The van der Waals surface area contributed by atoms with Gasteiger partial charge in [-0.3, -0.25) is 4.90 Å². The van der Waals surface area contributed by atoms with Crippen molar-refractivity contribution < 1.29 is 17.6 Å². The van der Waals surface area contributed by atoms with E-state index in [1.54, 1.807) is 18.4 Å². The molecular weight excluding hydrogens is 363 g/mol. The Kier molecular flexibility index (Phi) is 6.51. The summed E-state index contributed by atoms with van der Waals surface area (Å²) < 4.78 is 44.4. The number of para-hydroxylation sites is 1. The first kappa shape index (κ1) is 20.1. The minimum atomic E-state index is -4.34. The normalized spacial score (nSPS) is 12.0. The molecule has 2 nitrogen and oxygen atoms in total. The van der Waals surface area contributed by atoms with Crippen LogP contribution in [0.3, 0.4) is 0 Å². The highest BCUT2D eigenvalue weighted by molar-refractivity contribution is 5.85. The Hall–Kier alpha value is -2.24. The van der Waals surface area contributed by atoms with Crippen molar-refractivity contribution in [2.24, 2.45) is 0 Å². The first-order chi connectivity index (χ1) is 11.9. The lowest BCUT2D eigenvalue weighted by atomic mass is 10.1. The molecule has 0 amide bonds. The van der Waals surface area contributed by atoms with Crippen molar-refractivity contribution in [2.45, 2.75) is 12.7 Å². The Morgan fingerprint density at radius 2 is 1.73 bits per heavy atom. The fourth-order valence-corrected chi connectivity index (χ4v) is 2.77. The van der Waals surface area contributed by atoms with Crippen molar-refractivity contribution in [3.8, 4) is 0 Å². The van der Waals surface area contributed by atoms with Gasteiger partial charge >= 0.3 is 6.18 Å². The van der Waals surface area contributed by atoms with E-state index in [1.165, 1.54) is 18.2 Å². The number of halogens is 4. The number of likely N-dealkylation sites (N-methyl/N-ethyl adjacent to an activating group) is 1. The van der Waals surface area contributed by atoms with Gasteiger partial charge in [0.15, 0.2) is 0 Å². The van der Waals surface area contributed by atoms with Gasteiger partial charge in [-0.25, -0.2) is 0 Å². The molecule has 0 bridgehead atoms. The predicted molar refractivity (Wildman–Crippen MR) is 100 cm³/mol. The summed E-state index contributed by atoms with van der Waals surface area (Å²) in [7, 11) is 1.92. The molecule has 2 aromatic carbocycles. The maximum Gasteiger partial charge on any atom is 0.416 e. The Bertz CT molecular complexity index is 886. The Morgan fingerprint density at radius 3 is 2.50 bits per heavy atom. The molecular formula is C20H19ClF3NO. The summed E-state index contributed by atoms with van der Waals surface area (Å²) in [5.41, 5.74) is 1.45. The summed E-state index contributed by atoms with van der Waals surface area (Å²) in [5, 5.41) is 1.06. The Labute approximate surface area is 156 Å². The van der Waals surface area contributed by atoms with Gasteiger partial charge in [0.1, 0.15) is 5.58 Å². The van der Waals surface area contributed by atoms with E-state index in [1.807, 2.05) is 36.2 Å². The molecule has 138 valence electrons. The highest BCUT2D eigenvalue weighted by Crippen LogP contribution is 2.32. The summed E-state index contributed by atoms with van der Waals surface area (Å²) in [6.45, 7) is 1.19. The molecule has 0 aliphatic heterocycles. The average Bonchev–Trinajstić information content (AvgIpc) is 2.97. The van der Waals surface area contributed by atoms with E-state index in [-0.39, 0.29) is 18.0 Å². The van der Waals surface area contributed by atoms with Crippen LogP contribution in [0.5, 0.6) is 0 Å². The molecule has 0 spiro atoms. The molecule has 1 heterocycles. The number of rotatable bonds is 5. The zero-order valence-corrected chi connectivity index (χ0v) is 15.0. The monoisotopic (exact) mass is 381 g/mol. The second-order valence-corrected chi connectivity index (χ2v) is 5.94. The molecule has 3 aromatic rings. The third kappa shape index (κ3) is 4.68. The van der Waals surface area contributed by atoms with E-state index < -0.39 is 11.7 Å². The molecule has 0 radical (unpaired) electrons. The minimum Gasteiger partial charge on any atom is -0.464 e. The van der Waals surface area contributed by atoms with Gasteiger partial charge in [-0.05, 0) is 24.7 Å². The molecule has 0 saturated heterocycles. The third-order valence-corrected chi connectivity index (χ3v) is 3.98. The number of nitrogens with zero attached hydrogens (tertiary/aromatic N) is 1. The van der Waals surface area contributed by atoms with Crippen LogP contribution in [-0.4, -0.2) is 18.5 Å². The van der Waals surface area contributed by atoms with Crippen molar-refractivity contribution in [2.75, 3.05) is 13.6 Å². The molecule has 0 atom stereocenters. The number of fused-ring (bicyclic) bond motifs is 1. The van der Waals surface area contributed by atoms with E-state index in [9.17, 15) is 13.2 Å². The standard InChI is InChI=1S/C20H18F3NO.ClH/c1-24(13-16-14-25-19-11-5-3-9-17(16)19)12-6-8-15-7-2-4-10-18(15)20(21,22)23;/h2-11,14H,12-13H2,1H3;1H/b8-6+;. The van der Waals surface area contributed by atoms with Gasteiger partial charge < -0.3 is 4.42 Å². The topological polar surface area (TPSA) is 16.4 Å². The lowest BCUT2D eigenvalue weighted by molar-refractivity contribution is -0.137. The SMILES string of the molecule is CN(C/C=C/c1ccccc1C(F)(F)F)Cc1coc2ccccc12.Cl. The van der Waals surface area contributed by atoms with Crippen LogP contribution in [0.2, 0.25) is 0 Å². The van der Waals surface area contributed by atoms with Gasteiger partial charge in [-0.1, -0.05) is 48.6 Å². The Balaban J connectivity index is 0.00000243. The van der Waals surface area contributed by atoms with Crippen molar-refractivity contribution >= 4 is 29.5 Å². The fraction of sp³-hybridized carbons (Fsp3) is 0.200. The summed E-state index contributed by atoms with van der Waals surface area (Å²) in [4.78, 5) is 2.02. The maximum absolute atomic E-state index is 13.0. The maximum atomic E-state index is 13.0. The largest absolute Gasteiger partial charge is 0.464 e. The van der Waals surface area contributed by atoms with E-state index in [0.717, 1.165) is 22.6 Å². The lowest BCUT2D eigenvalue weighted by Crippen LogP contribution is -2.17. The predicted octanol–water partition coefficient (Wildman–Crippen LogP) is 6.02. The van der Waals surface area contributed by atoms with E-state index in [0.29, 0.717) is 13.1 Å². The van der Waals surface area contributed by atoms with Gasteiger partial charge in [0.2, 0.25) is 0 Å². The quantitative estimate of drug-likeness (QED) is 0.537. The molecule has 0 aliphatic rings. The molecule has 6 heteroatoms. The average molecular weight is 382 g/mol. The van der Waals surface area contributed by atoms with Gasteiger partial charge in [0, 0.05) is 24.0 Å². The van der Waals surface area contributed by atoms with E-state index >= 15 is 0 Å². The zero-order valence-electron chi connectivity index (χ0n) is 14.2. The van der Waals surface area contributed by atoms with Gasteiger partial charge in [-0.15, -0.1) is 12.4 Å². The first-order valence-electron chi connectivity index (χ1n) is 7.91.